The van der Waals surface area contributed by atoms with Gasteiger partial charge >= 0.3 is 5.97 Å². The summed E-state index contributed by atoms with van der Waals surface area (Å²) in [5.41, 5.74) is 15.6. The van der Waals surface area contributed by atoms with Gasteiger partial charge in [0.05, 0.1) is 0 Å². The fourth-order valence-electron chi connectivity index (χ4n) is 0.853. The fraction of sp³-hybridized carbons (Fsp3) is 0.714. The molecule has 8 nitrogen and oxygen atoms in total. The first-order chi connectivity index (χ1) is 7.43. The minimum Gasteiger partial charge on any atom is -0.448 e. The first-order valence-corrected chi connectivity index (χ1v) is 5.76. The van der Waals surface area contributed by atoms with Gasteiger partial charge in [0.2, 0.25) is 0 Å². The predicted octanol–water partition coefficient (Wildman–Crippen LogP) is -1.91. The van der Waals surface area contributed by atoms with E-state index in [-0.39, 0.29) is 5.96 Å². The van der Waals surface area contributed by atoms with Crippen molar-refractivity contribution in [1.82, 2.24) is 0 Å². The Kier molecular flexibility index (Phi) is 7.42. The standard InChI is InChI=1S/C7H16N4O4S/c8-5(2-1-3-11-7(9)10)6(12)15-4-16(13)14/h5H,1-4,8H2,(H,13,14)(H4,9,10,11)/t5-/m0/s1. The lowest BCUT2D eigenvalue weighted by atomic mass is 10.2. The zero-order valence-corrected chi connectivity index (χ0v) is 9.48. The van der Waals surface area contributed by atoms with Crippen LogP contribution in [0.15, 0.2) is 4.99 Å². The van der Waals surface area contributed by atoms with Crippen LogP contribution >= 0.6 is 0 Å². The summed E-state index contributed by atoms with van der Waals surface area (Å²) in [6, 6.07) is -0.835. The van der Waals surface area contributed by atoms with E-state index in [1.54, 1.807) is 0 Å². The van der Waals surface area contributed by atoms with Crippen LogP contribution in [-0.2, 0) is 20.6 Å². The molecule has 0 spiro atoms. The van der Waals surface area contributed by atoms with Gasteiger partial charge in [-0.3, -0.25) is 9.79 Å². The van der Waals surface area contributed by atoms with Crippen molar-refractivity contribution in [2.75, 3.05) is 12.5 Å². The zero-order chi connectivity index (χ0) is 12.6. The van der Waals surface area contributed by atoms with Gasteiger partial charge in [-0.05, 0) is 12.8 Å². The van der Waals surface area contributed by atoms with Gasteiger partial charge in [0, 0.05) is 6.54 Å². The molecule has 0 rings (SSSR count). The molecule has 0 amide bonds. The number of rotatable bonds is 7. The smallest absolute Gasteiger partial charge is 0.323 e. The van der Waals surface area contributed by atoms with Crippen molar-refractivity contribution >= 4 is 23.0 Å². The Labute approximate surface area is 95.5 Å². The summed E-state index contributed by atoms with van der Waals surface area (Å²) in [5.74, 6) is -1.31. The average molecular weight is 252 g/mol. The molecule has 7 N–H and O–H groups in total. The van der Waals surface area contributed by atoms with E-state index in [1.807, 2.05) is 0 Å². The monoisotopic (exact) mass is 252 g/mol. The number of nitrogens with two attached hydrogens (primary N) is 3. The van der Waals surface area contributed by atoms with Crippen LogP contribution in [0, 0.1) is 0 Å². The van der Waals surface area contributed by atoms with Gasteiger partial charge < -0.3 is 26.5 Å². The van der Waals surface area contributed by atoms with Gasteiger partial charge in [-0.25, -0.2) is 4.21 Å². The average Bonchev–Trinajstić information content (AvgIpc) is 2.20. The second kappa shape index (κ2) is 8.02. The summed E-state index contributed by atoms with van der Waals surface area (Å²) >= 11 is -2.17. The molecule has 0 aliphatic carbocycles. The Morgan fingerprint density at radius 2 is 2.12 bits per heavy atom. The van der Waals surface area contributed by atoms with Crippen LogP contribution in [-0.4, -0.2) is 39.2 Å². The largest absolute Gasteiger partial charge is 0.448 e. The predicted molar refractivity (Wildman–Crippen MR) is 59.6 cm³/mol. The Balaban J connectivity index is 3.71. The van der Waals surface area contributed by atoms with Gasteiger partial charge in [0.1, 0.15) is 6.04 Å². The molecule has 1 unspecified atom stereocenters. The van der Waals surface area contributed by atoms with Gasteiger partial charge in [0.25, 0.3) is 0 Å². The number of carbonyl (C=O) groups is 1. The van der Waals surface area contributed by atoms with E-state index in [0.29, 0.717) is 19.4 Å². The summed E-state index contributed by atoms with van der Waals surface area (Å²) in [6.07, 6.45) is 0.865. The molecule has 0 aromatic heterocycles. The topological polar surface area (TPSA) is 154 Å². The van der Waals surface area contributed by atoms with E-state index in [1.165, 1.54) is 0 Å². The summed E-state index contributed by atoms with van der Waals surface area (Å²) in [7, 11) is 0. The highest BCUT2D eigenvalue weighted by molar-refractivity contribution is 7.79. The van der Waals surface area contributed by atoms with E-state index in [4.69, 9.17) is 21.8 Å². The van der Waals surface area contributed by atoms with E-state index in [9.17, 15) is 9.00 Å². The lowest BCUT2D eigenvalue weighted by Gasteiger charge is -2.09. The first kappa shape index (κ1) is 14.8. The molecule has 0 radical (unpaired) electrons. The van der Waals surface area contributed by atoms with E-state index in [0.717, 1.165) is 0 Å². The molecule has 0 saturated heterocycles. The highest BCUT2D eigenvalue weighted by Gasteiger charge is 2.15. The molecule has 0 bridgehead atoms. The second-order valence-corrected chi connectivity index (χ2v) is 3.84. The first-order valence-electron chi connectivity index (χ1n) is 4.48. The minimum absolute atomic E-state index is 0.0215. The molecule has 0 aromatic carbocycles. The molecule has 0 aliphatic heterocycles. The third-order valence-electron chi connectivity index (χ3n) is 1.57. The van der Waals surface area contributed by atoms with Crippen molar-refractivity contribution in [3.63, 3.8) is 0 Å². The quantitative estimate of drug-likeness (QED) is 0.135. The molecule has 16 heavy (non-hydrogen) atoms. The number of ether oxygens (including phenoxy) is 1. The zero-order valence-electron chi connectivity index (χ0n) is 8.67. The molecule has 0 saturated carbocycles. The van der Waals surface area contributed by atoms with E-state index >= 15 is 0 Å². The minimum atomic E-state index is -2.17. The molecular weight excluding hydrogens is 236 g/mol. The number of esters is 1. The Hall–Kier alpha value is -1.19. The normalized spacial score (nSPS) is 13.9. The summed E-state index contributed by atoms with van der Waals surface area (Å²) in [4.78, 5) is 14.8. The molecule has 0 heterocycles. The van der Waals surface area contributed by atoms with Crippen molar-refractivity contribution < 1.29 is 18.3 Å². The van der Waals surface area contributed by atoms with Gasteiger partial charge in [-0.15, -0.1) is 0 Å². The van der Waals surface area contributed by atoms with Crippen molar-refractivity contribution in [3.8, 4) is 0 Å². The fourth-order valence-corrected chi connectivity index (χ4v) is 1.07. The summed E-state index contributed by atoms with van der Waals surface area (Å²) in [6.45, 7) is 0.370. The van der Waals surface area contributed by atoms with Crippen LogP contribution < -0.4 is 17.2 Å². The molecule has 9 heteroatoms. The lowest BCUT2D eigenvalue weighted by molar-refractivity contribution is -0.143. The SMILES string of the molecule is NC(N)=NCCC[C@H](N)C(=O)OCS(=O)O. The van der Waals surface area contributed by atoms with Crippen LogP contribution in [0.5, 0.6) is 0 Å². The van der Waals surface area contributed by atoms with Crippen LogP contribution in [0.2, 0.25) is 0 Å². The maximum Gasteiger partial charge on any atom is 0.323 e. The number of hydrogen-bond donors (Lipinski definition) is 4. The lowest BCUT2D eigenvalue weighted by Crippen LogP contribution is -2.33. The Morgan fingerprint density at radius 3 is 2.62 bits per heavy atom. The van der Waals surface area contributed by atoms with Crippen LogP contribution in [0.25, 0.3) is 0 Å². The summed E-state index contributed by atoms with van der Waals surface area (Å²) in [5, 5.41) is 0. The van der Waals surface area contributed by atoms with Gasteiger partial charge in [-0.2, -0.15) is 0 Å². The van der Waals surface area contributed by atoms with E-state index < -0.39 is 29.0 Å². The molecule has 0 aromatic rings. The maximum absolute atomic E-state index is 11.1. The molecule has 0 fully saturated rings. The molecule has 0 aliphatic rings. The van der Waals surface area contributed by atoms with E-state index in [2.05, 4.69) is 9.73 Å². The highest BCUT2D eigenvalue weighted by Crippen LogP contribution is 1.98. The highest BCUT2D eigenvalue weighted by atomic mass is 32.2. The number of hydrogen-bond acceptors (Lipinski definition) is 5. The second-order valence-electron chi connectivity index (χ2n) is 2.96. The van der Waals surface area contributed by atoms with Crippen LogP contribution in [0.1, 0.15) is 12.8 Å². The van der Waals surface area contributed by atoms with Gasteiger partial charge in [-0.1, -0.05) is 0 Å². The van der Waals surface area contributed by atoms with Crippen molar-refractivity contribution in [1.29, 1.82) is 0 Å². The third kappa shape index (κ3) is 8.15. The van der Waals surface area contributed by atoms with Crippen LogP contribution in [0.4, 0.5) is 0 Å². The molecule has 94 valence electrons. The number of guanidine groups is 1. The maximum atomic E-state index is 11.1. The number of carbonyl (C=O) groups excluding carboxylic acids is 1. The molecular formula is C7H16N4O4S. The number of nitrogens with zero attached hydrogens (tertiary/aromatic N) is 1. The summed E-state index contributed by atoms with van der Waals surface area (Å²) < 4.78 is 23.0. The Bertz CT molecular complexity index is 280. The third-order valence-corrected chi connectivity index (χ3v) is 1.89. The van der Waals surface area contributed by atoms with Gasteiger partial charge in [0.15, 0.2) is 23.0 Å². The number of aliphatic imine (C=N–C) groups is 1. The Morgan fingerprint density at radius 1 is 1.50 bits per heavy atom. The van der Waals surface area contributed by atoms with Crippen molar-refractivity contribution in [3.05, 3.63) is 0 Å². The molecule has 2 atom stereocenters. The van der Waals surface area contributed by atoms with Crippen LogP contribution in [0.3, 0.4) is 0 Å². The van der Waals surface area contributed by atoms with Crippen molar-refractivity contribution in [2.24, 2.45) is 22.2 Å². The van der Waals surface area contributed by atoms with Crippen molar-refractivity contribution in [2.45, 2.75) is 18.9 Å².